The van der Waals surface area contributed by atoms with Crippen LogP contribution in [-0.4, -0.2) is 19.7 Å². The van der Waals surface area contributed by atoms with Crippen LogP contribution in [0.25, 0.3) is 0 Å². The minimum Gasteiger partial charge on any atom is -0.371 e. The van der Waals surface area contributed by atoms with Crippen molar-refractivity contribution in [2.24, 2.45) is 5.92 Å². The highest BCUT2D eigenvalue weighted by Gasteiger charge is 2.09. The van der Waals surface area contributed by atoms with Crippen molar-refractivity contribution in [3.8, 4) is 0 Å². The Kier molecular flexibility index (Phi) is 5.33. The molecule has 89 valence electrons. The Morgan fingerprint density at radius 1 is 1.25 bits per heavy atom. The molecule has 0 amide bonds. The van der Waals surface area contributed by atoms with Gasteiger partial charge in [0.1, 0.15) is 0 Å². The fourth-order valence-electron chi connectivity index (χ4n) is 1.92. The first kappa shape index (κ1) is 13.0. The largest absolute Gasteiger partial charge is 0.371 e. The summed E-state index contributed by atoms with van der Waals surface area (Å²) in [5.74, 6) is 0.617. The summed E-state index contributed by atoms with van der Waals surface area (Å²) < 4.78 is 0. The number of nitrogens with zero attached hydrogens (tertiary/aromatic N) is 1. The Bertz CT molecular complexity index is 309. The van der Waals surface area contributed by atoms with Gasteiger partial charge in [-0.25, -0.2) is 5.11 Å². The fraction of sp³-hybridized carbons (Fsp3) is 0.571. The summed E-state index contributed by atoms with van der Waals surface area (Å²) in [5.41, 5.74) is 2.55. The standard InChI is InChI=1S/C14H22NO/c1-12(2)11-15(9-6-10-16)14-8-5-4-7-13(14)3/h4-5,7-8,12H,6,9-11H2,1-3H3. The molecule has 2 heteroatoms. The average molecular weight is 220 g/mol. The molecule has 1 radical (unpaired) electrons. The summed E-state index contributed by atoms with van der Waals surface area (Å²) in [6.07, 6.45) is 0.723. The number of benzene rings is 1. The minimum atomic E-state index is 0.0144. The lowest BCUT2D eigenvalue weighted by Gasteiger charge is -2.28. The van der Waals surface area contributed by atoms with Gasteiger partial charge in [-0.1, -0.05) is 32.0 Å². The maximum Gasteiger partial charge on any atom is 0.0839 e. The molecule has 0 bridgehead atoms. The zero-order valence-corrected chi connectivity index (χ0v) is 10.6. The van der Waals surface area contributed by atoms with E-state index in [-0.39, 0.29) is 6.61 Å². The van der Waals surface area contributed by atoms with Gasteiger partial charge in [-0.3, -0.25) is 0 Å². The molecule has 0 aliphatic rings. The molecule has 0 aliphatic carbocycles. The number of aryl methyl sites for hydroxylation is 1. The van der Waals surface area contributed by atoms with Gasteiger partial charge in [-0.15, -0.1) is 0 Å². The van der Waals surface area contributed by atoms with Gasteiger partial charge in [-0.05, 0) is 30.9 Å². The third-order valence-corrected chi connectivity index (χ3v) is 2.61. The van der Waals surface area contributed by atoms with Crippen LogP contribution in [0.2, 0.25) is 0 Å². The van der Waals surface area contributed by atoms with Crippen molar-refractivity contribution in [1.29, 1.82) is 0 Å². The first-order chi connectivity index (χ1) is 7.65. The molecule has 0 saturated carbocycles. The lowest BCUT2D eigenvalue weighted by atomic mass is 10.1. The summed E-state index contributed by atoms with van der Waals surface area (Å²) in [6.45, 7) is 8.45. The van der Waals surface area contributed by atoms with Gasteiger partial charge in [0.05, 0.1) is 6.61 Å². The maximum atomic E-state index is 10.6. The zero-order chi connectivity index (χ0) is 12.0. The molecule has 0 heterocycles. The highest BCUT2D eigenvalue weighted by molar-refractivity contribution is 5.52. The van der Waals surface area contributed by atoms with Crippen LogP contribution in [-0.2, 0) is 5.11 Å². The van der Waals surface area contributed by atoms with Gasteiger partial charge in [0.25, 0.3) is 0 Å². The normalized spacial score (nSPS) is 10.8. The SMILES string of the molecule is Cc1ccccc1N(CCC[O])CC(C)C. The van der Waals surface area contributed by atoms with Crippen LogP contribution in [0.3, 0.4) is 0 Å². The molecule has 0 atom stereocenters. The second kappa shape index (κ2) is 6.54. The van der Waals surface area contributed by atoms with Crippen molar-refractivity contribution in [1.82, 2.24) is 0 Å². The second-order valence-electron chi connectivity index (χ2n) is 4.68. The van der Waals surface area contributed by atoms with E-state index in [4.69, 9.17) is 0 Å². The molecule has 0 unspecified atom stereocenters. The zero-order valence-electron chi connectivity index (χ0n) is 10.6. The Labute approximate surface area is 98.9 Å². The molecule has 0 fully saturated rings. The van der Waals surface area contributed by atoms with E-state index in [1.54, 1.807) is 0 Å². The molecule has 0 N–H and O–H groups in total. The number of hydrogen-bond donors (Lipinski definition) is 0. The van der Waals surface area contributed by atoms with Crippen molar-refractivity contribution in [2.75, 3.05) is 24.6 Å². The highest BCUT2D eigenvalue weighted by atomic mass is 16.3. The molecular weight excluding hydrogens is 198 g/mol. The average Bonchev–Trinajstić information content (AvgIpc) is 2.24. The van der Waals surface area contributed by atoms with Crippen LogP contribution in [0, 0.1) is 12.8 Å². The summed E-state index contributed by atoms with van der Waals surface area (Å²) in [7, 11) is 0. The first-order valence-electron chi connectivity index (χ1n) is 6.04. The lowest BCUT2D eigenvalue weighted by molar-refractivity contribution is 0.190. The summed E-state index contributed by atoms with van der Waals surface area (Å²) in [6, 6.07) is 8.38. The van der Waals surface area contributed by atoms with E-state index in [2.05, 4.69) is 49.9 Å². The molecule has 0 aliphatic heterocycles. The van der Waals surface area contributed by atoms with Crippen LogP contribution in [0.5, 0.6) is 0 Å². The summed E-state index contributed by atoms with van der Waals surface area (Å²) in [4.78, 5) is 2.33. The van der Waals surface area contributed by atoms with Crippen molar-refractivity contribution >= 4 is 5.69 Å². The molecule has 16 heavy (non-hydrogen) atoms. The van der Waals surface area contributed by atoms with Crippen LogP contribution >= 0.6 is 0 Å². The topological polar surface area (TPSA) is 23.1 Å². The predicted molar refractivity (Wildman–Crippen MR) is 68.4 cm³/mol. The molecule has 0 aromatic heterocycles. The number of rotatable bonds is 6. The van der Waals surface area contributed by atoms with Crippen molar-refractivity contribution in [3.63, 3.8) is 0 Å². The van der Waals surface area contributed by atoms with Gasteiger partial charge in [-0.2, -0.15) is 0 Å². The van der Waals surface area contributed by atoms with Crippen molar-refractivity contribution < 1.29 is 5.11 Å². The van der Waals surface area contributed by atoms with Gasteiger partial charge < -0.3 is 4.90 Å². The van der Waals surface area contributed by atoms with E-state index in [0.29, 0.717) is 5.92 Å². The smallest absolute Gasteiger partial charge is 0.0839 e. The molecule has 1 aromatic rings. The highest BCUT2D eigenvalue weighted by Crippen LogP contribution is 2.20. The minimum absolute atomic E-state index is 0.0144. The Balaban J connectivity index is 2.78. The van der Waals surface area contributed by atoms with Gasteiger partial charge in [0.2, 0.25) is 0 Å². The summed E-state index contributed by atoms with van der Waals surface area (Å²) >= 11 is 0. The van der Waals surface area contributed by atoms with Gasteiger partial charge in [0, 0.05) is 18.8 Å². The molecular formula is C14H22NO. The third kappa shape index (κ3) is 3.86. The number of para-hydroxylation sites is 1. The monoisotopic (exact) mass is 220 g/mol. The van der Waals surface area contributed by atoms with Crippen molar-refractivity contribution in [3.05, 3.63) is 29.8 Å². The number of hydrogen-bond acceptors (Lipinski definition) is 1. The Hall–Kier alpha value is -1.02. The van der Waals surface area contributed by atoms with Crippen LogP contribution in [0.4, 0.5) is 5.69 Å². The molecule has 0 saturated heterocycles. The van der Waals surface area contributed by atoms with Gasteiger partial charge in [0.15, 0.2) is 0 Å². The third-order valence-electron chi connectivity index (χ3n) is 2.61. The van der Waals surface area contributed by atoms with E-state index >= 15 is 0 Å². The van der Waals surface area contributed by atoms with Crippen LogP contribution < -0.4 is 4.90 Å². The van der Waals surface area contributed by atoms with E-state index in [0.717, 1.165) is 19.5 Å². The fourth-order valence-corrected chi connectivity index (χ4v) is 1.92. The maximum absolute atomic E-state index is 10.6. The van der Waals surface area contributed by atoms with Crippen LogP contribution in [0.15, 0.2) is 24.3 Å². The van der Waals surface area contributed by atoms with E-state index in [1.165, 1.54) is 11.3 Å². The summed E-state index contributed by atoms with van der Waals surface area (Å²) in [5, 5.41) is 10.6. The van der Waals surface area contributed by atoms with Gasteiger partial charge >= 0.3 is 0 Å². The molecule has 2 nitrogen and oxygen atoms in total. The molecule has 1 rings (SSSR count). The second-order valence-corrected chi connectivity index (χ2v) is 4.68. The Morgan fingerprint density at radius 2 is 1.94 bits per heavy atom. The van der Waals surface area contributed by atoms with E-state index in [9.17, 15) is 5.11 Å². The van der Waals surface area contributed by atoms with Crippen LogP contribution in [0.1, 0.15) is 25.8 Å². The predicted octanol–water partition coefficient (Wildman–Crippen LogP) is 3.28. The van der Waals surface area contributed by atoms with E-state index < -0.39 is 0 Å². The van der Waals surface area contributed by atoms with Crippen molar-refractivity contribution in [2.45, 2.75) is 27.2 Å². The Morgan fingerprint density at radius 3 is 2.50 bits per heavy atom. The molecule has 0 spiro atoms. The molecule has 1 aromatic carbocycles. The number of anilines is 1. The lowest BCUT2D eigenvalue weighted by Crippen LogP contribution is -2.29. The quantitative estimate of drug-likeness (QED) is 0.721. The first-order valence-corrected chi connectivity index (χ1v) is 6.04. The van der Waals surface area contributed by atoms with E-state index in [1.807, 2.05) is 0 Å².